The van der Waals surface area contributed by atoms with Gasteiger partial charge in [-0.2, -0.15) is 0 Å². The second kappa shape index (κ2) is 5.66. The second-order valence-electron chi connectivity index (χ2n) is 4.03. The maximum Gasteiger partial charge on any atom is 0.162 e. The molecule has 0 atom stereocenters. The number of hydrogen-bond donors (Lipinski definition) is 0. The normalized spacial score (nSPS) is 10.7. The summed E-state index contributed by atoms with van der Waals surface area (Å²) in [6.45, 7) is 2.93. The molecule has 0 bridgehead atoms. The van der Waals surface area contributed by atoms with E-state index in [2.05, 4.69) is 19.0 Å². The summed E-state index contributed by atoms with van der Waals surface area (Å²) in [6, 6.07) is 7.95. The number of nitrogens with zero attached hydrogens (tertiary/aromatic N) is 1. The van der Waals surface area contributed by atoms with Crippen LogP contribution in [0.5, 0.6) is 0 Å². The van der Waals surface area contributed by atoms with Crippen molar-refractivity contribution in [2.24, 2.45) is 0 Å². The highest BCUT2D eigenvalue weighted by Crippen LogP contribution is 2.07. The summed E-state index contributed by atoms with van der Waals surface area (Å²) in [5, 5.41) is 0. The Balaban J connectivity index is 2.60. The number of rotatable bonds is 5. The lowest BCUT2D eigenvalue weighted by Crippen LogP contribution is -2.15. The lowest BCUT2D eigenvalue weighted by Gasteiger charge is -2.09. The molecule has 0 radical (unpaired) electrons. The van der Waals surface area contributed by atoms with Crippen LogP contribution in [0.2, 0.25) is 0 Å². The van der Waals surface area contributed by atoms with Crippen LogP contribution in [0.25, 0.3) is 0 Å². The minimum atomic E-state index is 0.217. The van der Waals surface area contributed by atoms with Gasteiger partial charge in [0.15, 0.2) is 5.78 Å². The fraction of sp³-hybridized carbons (Fsp3) is 0.462. The third-order valence-electron chi connectivity index (χ3n) is 2.44. The van der Waals surface area contributed by atoms with Crippen molar-refractivity contribution in [3.63, 3.8) is 0 Å². The number of benzene rings is 1. The Morgan fingerprint density at radius 3 is 2.27 bits per heavy atom. The lowest BCUT2D eigenvalue weighted by atomic mass is 10.1. The van der Waals surface area contributed by atoms with Gasteiger partial charge in [0.1, 0.15) is 0 Å². The van der Waals surface area contributed by atoms with Gasteiger partial charge in [-0.1, -0.05) is 31.2 Å². The molecule has 1 aromatic rings. The van der Waals surface area contributed by atoms with Gasteiger partial charge in [-0.15, -0.1) is 0 Å². The van der Waals surface area contributed by atoms with Crippen LogP contribution in [0.15, 0.2) is 24.3 Å². The Morgan fingerprint density at radius 1 is 1.20 bits per heavy atom. The lowest BCUT2D eigenvalue weighted by molar-refractivity contribution is 0.0988. The highest BCUT2D eigenvalue weighted by atomic mass is 16.1. The molecule has 0 aromatic heterocycles. The zero-order valence-corrected chi connectivity index (χ0v) is 9.79. The monoisotopic (exact) mass is 205 g/mol. The SMILES string of the molecule is CCC(=O)c1ccc(CCN(C)C)cc1. The van der Waals surface area contributed by atoms with Crippen LogP contribution in [-0.4, -0.2) is 31.3 Å². The molecule has 0 amide bonds. The van der Waals surface area contributed by atoms with Gasteiger partial charge < -0.3 is 4.90 Å². The molecule has 0 fully saturated rings. The van der Waals surface area contributed by atoms with Gasteiger partial charge in [0.25, 0.3) is 0 Å². The number of hydrogen-bond acceptors (Lipinski definition) is 2. The molecule has 2 heteroatoms. The molecule has 1 rings (SSSR count). The van der Waals surface area contributed by atoms with Crippen molar-refractivity contribution in [2.75, 3.05) is 20.6 Å². The van der Waals surface area contributed by atoms with E-state index < -0.39 is 0 Å². The first-order valence-corrected chi connectivity index (χ1v) is 5.40. The number of carbonyl (C=O) groups is 1. The molecule has 0 unspecified atom stereocenters. The Morgan fingerprint density at radius 2 is 1.80 bits per heavy atom. The Kier molecular flexibility index (Phi) is 4.50. The highest BCUT2D eigenvalue weighted by molar-refractivity contribution is 5.95. The van der Waals surface area contributed by atoms with E-state index in [1.807, 2.05) is 31.2 Å². The average Bonchev–Trinajstić information content (AvgIpc) is 2.26. The first-order chi connectivity index (χ1) is 7.13. The Hall–Kier alpha value is -1.15. The molecule has 1 aromatic carbocycles. The molecule has 0 aliphatic heterocycles. The van der Waals surface area contributed by atoms with Crippen LogP contribution >= 0.6 is 0 Å². The number of Topliss-reactive ketones (excluding diaryl/α,β-unsaturated/α-hetero) is 1. The van der Waals surface area contributed by atoms with Gasteiger partial charge >= 0.3 is 0 Å². The van der Waals surface area contributed by atoms with Crippen molar-refractivity contribution >= 4 is 5.78 Å². The van der Waals surface area contributed by atoms with Crippen molar-refractivity contribution < 1.29 is 4.79 Å². The third kappa shape index (κ3) is 3.84. The molecule has 0 aliphatic carbocycles. The van der Waals surface area contributed by atoms with E-state index in [4.69, 9.17) is 0 Å². The summed E-state index contributed by atoms with van der Waals surface area (Å²) in [7, 11) is 4.13. The molecule has 0 heterocycles. The van der Waals surface area contributed by atoms with Crippen LogP contribution in [0, 0.1) is 0 Å². The zero-order valence-electron chi connectivity index (χ0n) is 9.79. The molecule has 0 N–H and O–H groups in total. The fourth-order valence-electron chi connectivity index (χ4n) is 1.41. The molecule has 0 spiro atoms. The molecule has 15 heavy (non-hydrogen) atoms. The Labute approximate surface area is 91.9 Å². The molecular formula is C13H19NO. The minimum Gasteiger partial charge on any atom is -0.309 e. The second-order valence-corrected chi connectivity index (χ2v) is 4.03. The molecule has 0 saturated carbocycles. The predicted molar refractivity (Wildman–Crippen MR) is 63.3 cm³/mol. The first-order valence-electron chi connectivity index (χ1n) is 5.40. The molecule has 2 nitrogen and oxygen atoms in total. The summed E-state index contributed by atoms with van der Waals surface area (Å²) >= 11 is 0. The van der Waals surface area contributed by atoms with Gasteiger partial charge in [-0.05, 0) is 26.1 Å². The standard InChI is InChI=1S/C13H19NO/c1-4-13(15)12-7-5-11(6-8-12)9-10-14(2)3/h5-8H,4,9-10H2,1-3H3. The summed E-state index contributed by atoms with van der Waals surface area (Å²) < 4.78 is 0. The van der Waals surface area contributed by atoms with E-state index in [0.717, 1.165) is 18.5 Å². The summed E-state index contributed by atoms with van der Waals surface area (Å²) in [6.07, 6.45) is 1.62. The molecular weight excluding hydrogens is 186 g/mol. The van der Waals surface area contributed by atoms with Crippen LogP contribution < -0.4 is 0 Å². The van der Waals surface area contributed by atoms with E-state index in [-0.39, 0.29) is 5.78 Å². The number of likely N-dealkylation sites (N-methyl/N-ethyl adjacent to an activating group) is 1. The summed E-state index contributed by atoms with van der Waals surface area (Å²) in [5.41, 5.74) is 2.11. The van der Waals surface area contributed by atoms with Gasteiger partial charge in [0.05, 0.1) is 0 Å². The van der Waals surface area contributed by atoms with Crippen LogP contribution in [0.4, 0.5) is 0 Å². The molecule has 0 aliphatic rings. The topological polar surface area (TPSA) is 20.3 Å². The van der Waals surface area contributed by atoms with Gasteiger partial charge in [0, 0.05) is 18.5 Å². The Bertz CT molecular complexity index is 314. The van der Waals surface area contributed by atoms with Crippen LogP contribution in [-0.2, 0) is 6.42 Å². The van der Waals surface area contributed by atoms with E-state index in [1.165, 1.54) is 5.56 Å². The van der Waals surface area contributed by atoms with E-state index in [9.17, 15) is 4.79 Å². The van der Waals surface area contributed by atoms with Crippen molar-refractivity contribution in [3.05, 3.63) is 35.4 Å². The van der Waals surface area contributed by atoms with Gasteiger partial charge in [-0.3, -0.25) is 4.79 Å². The quantitative estimate of drug-likeness (QED) is 0.688. The maximum absolute atomic E-state index is 11.4. The highest BCUT2D eigenvalue weighted by Gasteiger charge is 2.02. The van der Waals surface area contributed by atoms with Crippen molar-refractivity contribution in [2.45, 2.75) is 19.8 Å². The van der Waals surface area contributed by atoms with Crippen molar-refractivity contribution in [1.82, 2.24) is 4.90 Å². The van der Waals surface area contributed by atoms with Gasteiger partial charge in [0.2, 0.25) is 0 Å². The van der Waals surface area contributed by atoms with E-state index in [1.54, 1.807) is 0 Å². The summed E-state index contributed by atoms with van der Waals surface area (Å²) in [4.78, 5) is 13.5. The number of ketones is 1. The van der Waals surface area contributed by atoms with E-state index in [0.29, 0.717) is 6.42 Å². The first kappa shape index (κ1) is 11.9. The van der Waals surface area contributed by atoms with Crippen molar-refractivity contribution in [1.29, 1.82) is 0 Å². The van der Waals surface area contributed by atoms with Crippen LogP contribution in [0.1, 0.15) is 29.3 Å². The molecule has 82 valence electrons. The third-order valence-corrected chi connectivity index (χ3v) is 2.44. The van der Waals surface area contributed by atoms with Crippen LogP contribution in [0.3, 0.4) is 0 Å². The number of carbonyl (C=O) groups excluding carboxylic acids is 1. The molecule has 0 saturated heterocycles. The summed E-state index contributed by atoms with van der Waals surface area (Å²) in [5.74, 6) is 0.217. The fourth-order valence-corrected chi connectivity index (χ4v) is 1.41. The average molecular weight is 205 g/mol. The predicted octanol–water partition coefficient (Wildman–Crippen LogP) is 2.38. The largest absolute Gasteiger partial charge is 0.309 e. The maximum atomic E-state index is 11.4. The van der Waals surface area contributed by atoms with E-state index >= 15 is 0 Å². The minimum absolute atomic E-state index is 0.217. The van der Waals surface area contributed by atoms with Gasteiger partial charge in [-0.25, -0.2) is 0 Å². The van der Waals surface area contributed by atoms with Crippen molar-refractivity contribution in [3.8, 4) is 0 Å². The smallest absolute Gasteiger partial charge is 0.162 e. The zero-order chi connectivity index (χ0) is 11.3.